The minimum Gasteiger partial charge on any atom is -0.325 e. The fourth-order valence-corrected chi connectivity index (χ4v) is 6.01. The summed E-state index contributed by atoms with van der Waals surface area (Å²) in [6, 6.07) is 13.8. The zero-order chi connectivity index (χ0) is 23.3. The average Bonchev–Trinajstić information content (AvgIpc) is 3.08. The number of halogens is 1. The number of anilines is 1. The second kappa shape index (κ2) is 10.3. The number of amidine groups is 1. The molecule has 2 N–H and O–H groups in total. The summed E-state index contributed by atoms with van der Waals surface area (Å²) in [4.78, 5) is 18.0. The van der Waals surface area contributed by atoms with Crippen LogP contribution < -0.4 is 10.0 Å². The Balaban J connectivity index is 1.50. The largest absolute Gasteiger partial charge is 0.325 e. The van der Waals surface area contributed by atoms with Crippen LogP contribution in [0.4, 0.5) is 5.69 Å². The lowest BCUT2D eigenvalue weighted by Gasteiger charge is -2.36. The predicted molar refractivity (Wildman–Crippen MR) is 132 cm³/mol. The molecule has 0 saturated heterocycles. The van der Waals surface area contributed by atoms with Gasteiger partial charge in [0, 0.05) is 23.7 Å². The summed E-state index contributed by atoms with van der Waals surface area (Å²) in [5.41, 5.74) is 0.866. The lowest BCUT2D eigenvalue weighted by atomic mass is 9.68. The first-order valence-electron chi connectivity index (χ1n) is 11.6. The number of nitrogens with one attached hydrogen (secondary N) is 2. The normalized spacial score (nSPS) is 18.6. The number of rotatable bonds is 5. The lowest BCUT2D eigenvalue weighted by Crippen LogP contribution is -2.42. The number of carbonyl (C=O) groups is 1. The van der Waals surface area contributed by atoms with Crippen LogP contribution in [0.1, 0.15) is 63.4 Å². The number of benzene rings is 2. The second-order valence-electron chi connectivity index (χ2n) is 8.88. The van der Waals surface area contributed by atoms with Crippen LogP contribution in [0, 0.1) is 0 Å². The van der Waals surface area contributed by atoms with Crippen LogP contribution in [0.15, 0.2) is 58.4 Å². The number of hydrogen-bond acceptors (Lipinski definition) is 4. The Labute approximate surface area is 200 Å². The first kappa shape index (κ1) is 23.8. The fraction of sp³-hybridized carbons (Fsp3) is 0.440. The molecular formula is C25H30ClN3O3S. The second-order valence-corrected chi connectivity index (χ2v) is 11.0. The van der Waals surface area contributed by atoms with Gasteiger partial charge in [-0.3, -0.25) is 14.5 Å². The maximum absolute atomic E-state index is 13.5. The molecule has 0 bridgehead atoms. The molecular weight excluding hydrogens is 458 g/mol. The van der Waals surface area contributed by atoms with E-state index in [2.05, 4.69) is 15.0 Å². The molecule has 2 aliphatic rings. The minimum absolute atomic E-state index is 0.0778. The zero-order valence-corrected chi connectivity index (χ0v) is 20.2. The van der Waals surface area contributed by atoms with Crippen molar-refractivity contribution in [2.75, 3.05) is 11.9 Å². The smallest absolute Gasteiger partial charge is 0.262 e. The number of nitrogens with zero attached hydrogens (tertiary/aromatic N) is 1. The quantitative estimate of drug-likeness (QED) is 0.589. The van der Waals surface area contributed by atoms with Gasteiger partial charge in [0.25, 0.3) is 10.0 Å². The van der Waals surface area contributed by atoms with Gasteiger partial charge in [-0.15, -0.1) is 0 Å². The number of aliphatic imine (C=N–C) groups is 1. The summed E-state index contributed by atoms with van der Waals surface area (Å²) in [6.45, 7) is 0.650. The first-order chi connectivity index (χ1) is 15.9. The van der Waals surface area contributed by atoms with E-state index >= 15 is 0 Å². The number of amides is 1. The Morgan fingerprint density at radius 3 is 2.39 bits per heavy atom. The Bertz CT molecular complexity index is 1120. The number of sulfonamides is 1. The molecule has 0 aromatic heterocycles. The summed E-state index contributed by atoms with van der Waals surface area (Å²) in [5, 5.41) is 3.63. The molecule has 1 aliphatic heterocycles. The zero-order valence-electron chi connectivity index (χ0n) is 18.6. The van der Waals surface area contributed by atoms with Gasteiger partial charge in [0.2, 0.25) is 5.91 Å². The van der Waals surface area contributed by atoms with Crippen LogP contribution in [0.25, 0.3) is 0 Å². The molecule has 176 valence electrons. The molecule has 2 aromatic carbocycles. The predicted octanol–water partition coefficient (Wildman–Crippen LogP) is 5.43. The van der Waals surface area contributed by atoms with E-state index in [1.54, 1.807) is 12.1 Å². The number of hydrogen-bond donors (Lipinski definition) is 2. The Morgan fingerprint density at radius 1 is 0.939 bits per heavy atom. The molecule has 33 heavy (non-hydrogen) atoms. The third kappa shape index (κ3) is 5.58. The van der Waals surface area contributed by atoms with Gasteiger partial charge < -0.3 is 5.32 Å². The van der Waals surface area contributed by atoms with Crippen molar-refractivity contribution in [1.29, 1.82) is 0 Å². The standard InChI is InChI=1S/C25H30ClN3O3S/c26-20-9-7-8-19(18-20)25(15-4-2-5-16-25)24(30)28-21-11-13-22(14-12-21)33(31,32)29-23-10-3-1-6-17-27-23/h7-9,11-14,18H,1-6,10,15-17H2,(H,27,29)(H,28,30). The molecule has 0 radical (unpaired) electrons. The minimum atomic E-state index is -3.71. The van der Waals surface area contributed by atoms with Crippen LogP contribution in [0.5, 0.6) is 0 Å². The summed E-state index contributed by atoms with van der Waals surface area (Å²) >= 11 is 6.23. The van der Waals surface area contributed by atoms with E-state index in [-0.39, 0.29) is 10.8 Å². The van der Waals surface area contributed by atoms with E-state index in [4.69, 9.17) is 11.6 Å². The summed E-state index contributed by atoms with van der Waals surface area (Å²) in [5.74, 6) is 0.441. The van der Waals surface area contributed by atoms with Gasteiger partial charge in [-0.05, 0) is 67.6 Å². The Morgan fingerprint density at radius 2 is 1.67 bits per heavy atom. The third-order valence-electron chi connectivity index (χ3n) is 6.57. The van der Waals surface area contributed by atoms with E-state index in [9.17, 15) is 13.2 Å². The van der Waals surface area contributed by atoms with Gasteiger partial charge in [-0.1, -0.05) is 49.4 Å². The van der Waals surface area contributed by atoms with Crippen molar-refractivity contribution in [2.45, 2.75) is 68.1 Å². The van der Waals surface area contributed by atoms with Crippen molar-refractivity contribution in [3.8, 4) is 0 Å². The van der Waals surface area contributed by atoms with E-state index in [0.29, 0.717) is 29.5 Å². The maximum atomic E-state index is 13.5. The molecule has 0 spiro atoms. The molecule has 1 fully saturated rings. The van der Waals surface area contributed by atoms with E-state index < -0.39 is 15.4 Å². The molecule has 1 amide bonds. The molecule has 6 nitrogen and oxygen atoms in total. The average molecular weight is 488 g/mol. The highest BCUT2D eigenvalue weighted by Gasteiger charge is 2.41. The molecule has 0 unspecified atom stereocenters. The highest BCUT2D eigenvalue weighted by Crippen LogP contribution is 2.41. The topological polar surface area (TPSA) is 87.6 Å². The van der Waals surface area contributed by atoms with Crippen molar-refractivity contribution in [3.63, 3.8) is 0 Å². The monoisotopic (exact) mass is 487 g/mol. The van der Waals surface area contributed by atoms with Crippen LogP contribution >= 0.6 is 11.6 Å². The van der Waals surface area contributed by atoms with Crippen molar-refractivity contribution in [2.24, 2.45) is 4.99 Å². The van der Waals surface area contributed by atoms with Gasteiger partial charge >= 0.3 is 0 Å². The van der Waals surface area contributed by atoms with E-state index in [1.165, 1.54) is 12.1 Å². The first-order valence-corrected chi connectivity index (χ1v) is 13.5. The van der Waals surface area contributed by atoms with Gasteiger partial charge in [0.15, 0.2) is 0 Å². The molecule has 4 rings (SSSR count). The van der Waals surface area contributed by atoms with E-state index in [1.807, 2.05) is 24.3 Å². The van der Waals surface area contributed by atoms with Gasteiger partial charge in [0.05, 0.1) is 10.3 Å². The summed E-state index contributed by atoms with van der Waals surface area (Å²) in [6.07, 6.45) is 8.20. The summed E-state index contributed by atoms with van der Waals surface area (Å²) in [7, 11) is -3.71. The lowest BCUT2D eigenvalue weighted by molar-refractivity contribution is -0.122. The number of carbonyl (C=O) groups excluding carboxylic acids is 1. The Kier molecular flexibility index (Phi) is 7.39. The van der Waals surface area contributed by atoms with Crippen LogP contribution in [-0.4, -0.2) is 26.7 Å². The van der Waals surface area contributed by atoms with Crippen LogP contribution in [-0.2, 0) is 20.2 Å². The van der Waals surface area contributed by atoms with E-state index in [0.717, 1.165) is 56.9 Å². The van der Waals surface area contributed by atoms with Crippen LogP contribution in [0.3, 0.4) is 0 Å². The van der Waals surface area contributed by atoms with Gasteiger partial charge in [0.1, 0.15) is 5.84 Å². The highest BCUT2D eigenvalue weighted by molar-refractivity contribution is 7.90. The molecule has 8 heteroatoms. The van der Waals surface area contributed by atoms with Gasteiger partial charge in [-0.2, -0.15) is 0 Å². The molecule has 1 saturated carbocycles. The van der Waals surface area contributed by atoms with Gasteiger partial charge in [-0.25, -0.2) is 8.42 Å². The van der Waals surface area contributed by atoms with Crippen LogP contribution in [0.2, 0.25) is 5.02 Å². The SMILES string of the molecule is O=C(Nc1ccc(S(=O)(=O)NC2=NCCCCC2)cc1)C1(c2cccc(Cl)c2)CCCCC1. The summed E-state index contributed by atoms with van der Waals surface area (Å²) < 4.78 is 28.2. The molecule has 0 atom stereocenters. The molecule has 2 aromatic rings. The molecule has 1 aliphatic carbocycles. The molecule has 1 heterocycles. The van der Waals surface area contributed by atoms with Crippen molar-refractivity contribution >= 4 is 39.1 Å². The third-order valence-corrected chi connectivity index (χ3v) is 8.20. The maximum Gasteiger partial charge on any atom is 0.262 e. The van der Waals surface area contributed by atoms with Crippen molar-refractivity contribution in [3.05, 3.63) is 59.1 Å². The van der Waals surface area contributed by atoms with Crippen molar-refractivity contribution in [1.82, 2.24) is 4.72 Å². The fourth-order valence-electron chi connectivity index (χ4n) is 4.73. The van der Waals surface area contributed by atoms with Crippen molar-refractivity contribution < 1.29 is 13.2 Å². The Hall–Kier alpha value is -2.38. The highest BCUT2D eigenvalue weighted by atomic mass is 35.5.